The first-order valence-electron chi connectivity index (χ1n) is 4.59. The molecule has 0 saturated carbocycles. The Labute approximate surface area is 80.2 Å². The highest BCUT2D eigenvalue weighted by molar-refractivity contribution is 5.69. The Hall–Kier alpha value is -0.830. The van der Waals surface area contributed by atoms with Crippen molar-refractivity contribution in [2.45, 2.75) is 33.2 Å². The Morgan fingerprint density at radius 2 is 2.23 bits per heavy atom. The highest BCUT2D eigenvalue weighted by Gasteiger charge is 2.08. The first kappa shape index (κ1) is 12.2. The molecule has 0 aromatic heterocycles. The van der Waals surface area contributed by atoms with Crippen LogP contribution in [-0.2, 0) is 9.53 Å². The van der Waals surface area contributed by atoms with Gasteiger partial charge in [0.15, 0.2) is 0 Å². The summed E-state index contributed by atoms with van der Waals surface area (Å²) < 4.78 is 4.82. The van der Waals surface area contributed by atoms with Crippen molar-refractivity contribution in [3.63, 3.8) is 0 Å². The van der Waals surface area contributed by atoms with E-state index in [1.54, 1.807) is 0 Å². The van der Waals surface area contributed by atoms with Crippen molar-refractivity contribution < 1.29 is 9.53 Å². The molecule has 0 aromatic rings. The van der Waals surface area contributed by atoms with E-state index in [1.807, 2.05) is 20.8 Å². The second-order valence-corrected chi connectivity index (χ2v) is 3.25. The van der Waals surface area contributed by atoms with Crippen LogP contribution in [0.3, 0.4) is 0 Å². The molecule has 0 radical (unpaired) electrons. The van der Waals surface area contributed by atoms with Gasteiger partial charge in [0.25, 0.3) is 0 Å². The largest absolute Gasteiger partial charge is 0.466 e. The van der Waals surface area contributed by atoms with Gasteiger partial charge in [-0.1, -0.05) is 12.2 Å². The molecular weight excluding hydrogens is 166 g/mol. The van der Waals surface area contributed by atoms with Crippen molar-refractivity contribution >= 4 is 5.97 Å². The lowest BCUT2D eigenvalue weighted by atomic mass is 10.2. The monoisotopic (exact) mass is 185 g/mol. The number of rotatable bonds is 6. The molecule has 0 aliphatic rings. The van der Waals surface area contributed by atoms with Crippen molar-refractivity contribution in [1.29, 1.82) is 0 Å². The first-order valence-corrected chi connectivity index (χ1v) is 4.59. The van der Waals surface area contributed by atoms with Gasteiger partial charge < -0.3 is 10.1 Å². The van der Waals surface area contributed by atoms with Crippen molar-refractivity contribution in [2.75, 3.05) is 13.2 Å². The van der Waals surface area contributed by atoms with Crippen molar-refractivity contribution in [1.82, 2.24) is 5.32 Å². The van der Waals surface area contributed by atoms with Crippen LogP contribution in [0, 0.1) is 0 Å². The molecule has 1 N–H and O–H groups in total. The third kappa shape index (κ3) is 7.53. The molecule has 0 saturated heterocycles. The molecule has 0 bridgehead atoms. The van der Waals surface area contributed by atoms with Gasteiger partial charge in [0, 0.05) is 12.6 Å². The van der Waals surface area contributed by atoms with Crippen molar-refractivity contribution in [3.8, 4) is 0 Å². The number of carbonyl (C=O) groups excluding carboxylic acids is 1. The van der Waals surface area contributed by atoms with Gasteiger partial charge >= 0.3 is 5.97 Å². The first-order chi connectivity index (χ1) is 6.06. The van der Waals surface area contributed by atoms with Crippen LogP contribution >= 0.6 is 0 Å². The summed E-state index contributed by atoms with van der Waals surface area (Å²) in [4.78, 5) is 11.0. The van der Waals surface area contributed by atoms with Gasteiger partial charge in [0.1, 0.15) is 0 Å². The highest BCUT2D eigenvalue weighted by atomic mass is 16.5. The smallest absolute Gasteiger partial charge is 0.307 e. The van der Waals surface area contributed by atoms with E-state index in [1.165, 1.54) is 0 Å². The number of ether oxygens (including phenoxy) is 1. The number of hydrogen-bond acceptors (Lipinski definition) is 3. The third-order valence-electron chi connectivity index (χ3n) is 1.53. The minimum Gasteiger partial charge on any atom is -0.466 e. The lowest BCUT2D eigenvalue weighted by molar-refractivity contribution is -0.143. The summed E-state index contributed by atoms with van der Waals surface area (Å²) in [7, 11) is 0. The van der Waals surface area contributed by atoms with E-state index in [0.717, 1.165) is 12.1 Å². The van der Waals surface area contributed by atoms with Crippen LogP contribution in [0.15, 0.2) is 12.2 Å². The van der Waals surface area contributed by atoms with E-state index in [-0.39, 0.29) is 12.0 Å². The quantitative estimate of drug-likeness (QED) is 0.503. The Balaban J connectivity index is 3.55. The SMILES string of the molecule is C=C(C)CNC(C)CC(=O)OCC. The van der Waals surface area contributed by atoms with Crippen LogP contribution < -0.4 is 5.32 Å². The minimum absolute atomic E-state index is 0.149. The maximum atomic E-state index is 11.0. The van der Waals surface area contributed by atoms with Crippen LogP contribution in [0.5, 0.6) is 0 Å². The predicted octanol–water partition coefficient (Wildman–Crippen LogP) is 1.49. The van der Waals surface area contributed by atoms with Crippen LogP contribution in [-0.4, -0.2) is 25.2 Å². The van der Waals surface area contributed by atoms with Gasteiger partial charge in [0.2, 0.25) is 0 Å². The van der Waals surface area contributed by atoms with Crippen molar-refractivity contribution in [3.05, 3.63) is 12.2 Å². The van der Waals surface area contributed by atoms with E-state index in [9.17, 15) is 4.79 Å². The summed E-state index contributed by atoms with van der Waals surface area (Å²) >= 11 is 0. The van der Waals surface area contributed by atoms with Gasteiger partial charge in [-0.25, -0.2) is 0 Å². The zero-order valence-electron chi connectivity index (χ0n) is 8.72. The second-order valence-electron chi connectivity index (χ2n) is 3.25. The van der Waals surface area contributed by atoms with Crippen LogP contribution in [0.1, 0.15) is 27.2 Å². The average Bonchev–Trinajstić information content (AvgIpc) is 2.01. The van der Waals surface area contributed by atoms with Gasteiger partial charge in [-0.2, -0.15) is 0 Å². The Kier molecular flexibility index (Phi) is 6.24. The maximum absolute atomic E-state index is 11.0. The molecule has 13 heavy (non-hydrogen) atoms. The molecule has 0 aliphatic heterocycles. The fourth-order valence-corrected chi connectivity index (χ4v) is 0.891. The molecule has 1 atom stereocenters. The molecule has 0 spiro atoms. The number of hydrogen-bond donors (Lipinski definition) is 1. The second kappa shape index (κ2) is 6.66. The summed E-state index contributed by atoms with van der Waals surface area (Å²) in [5.74, 6) is -0.149. The van der Waals surface area contributed by atoms with E-state index in [2.05, 4.69) is 11.9 Å². The molecule has 0 heterocycles. The standard InChI is InChI=1S/C10H19NO2/c1-5-13-10(12)6-9(4)11-7-8(2)3/h9,11H,2,5-7H2,1,3-4H3. The van der Waals surface area contributed by atoms with E-state index < -0.39 is 0 Å². The lowest BCUT2D eigenvalue weighted by Crippen LogP contribution is -2.30. The third-order valence-corrected chi connectivity index (χ3v) is 1.53. The summed E-state index contributed by atoms with van der Waals surface area (Å²) in [6, 6.07) is 0.149. The fourth-order valence-electron chi connectivity index (χ4n) is 0.891. The molecular formula is C10H19NO2. The zero-order chi connectivity index (χ0) is 10.3. The Morgan fingerprint density at radius 3 is 2.69 bits per heavy atom. The molecule has 0 fully saturated rings. The molecule has 3 heteroatoms. The lowest BCUT2D eigenvalue weighted by Gasteiger charge is -2.12. The predicted molar refractivity (Wildman–Crippen MR) is 53.5 cm³/mol. The molecule has 76 valence electrons. The van der Waals surface area contributed by atoms with Crippen LogP contribution in [0.25, 0.3) is 0 Å². The molecule has 3 nitrogen and oxygen atoms in total. The van der Waals surface area contributed by atoms with E-state index >= 15 is 0 Å². The fraction of sp³-hybridized carbons (Fsp3) is 0.700. The molecule has 0 amide bonds. The topological polar surface area (TPSA) is 38.3 Å². The van der Waals surface area contributed by atoms with Gasteiger partial charge in [-0.05, 0) is 20.8 Å². The van der Waals surface area contributed by atoms with Crippen molar-refractivity contribution in [2.24, 2.45) is 0 Å². The van der Waals surface area contributed by atoms with E-state index in [4.69, 9.17) is 4.74 Å². The average molecular weight is 185 g/mol. The van der Waals surface area contributed by atoms with Gasteiger partial charge in [0.05, 0.1) is 13.0 Å². The number of nitrogens with one attached hydrogen (secondary N) is 1. The Bertz CT molecular complexity index is 178. The summed E-state index contributed by atoms with van der Waals surface area (Å²) in [6.45, 7) is 10.7. The number of esters is 1. The maximum Gasteiger partial charge on any atom is 0.307 e. The van der Waals surface area contributed by atoms with Crippen LogP contribution in [0.2, 0.25) is 0 Å². The molecule has 1 unspecified atom stereocenters. The molecule has 0 aromatic carbocycles. The van der Waals surface area contributed by atoms with Gasteiger partial charge in [-0.3, -0.25) is 4.79 Å². The summed E-state index contributed by atoms with van der Waals surface area (Å²) in [5.41, 5.74) is 1.07. The molecule has 0 aliphatic carbocycles. The zero-order valence-corrected chi connectivity index (χ0v) is 8.72. The van der Waals surface area contributed by atoms with Crippen LogP contribution in [0.4, 0.5) is 0 Å². The number of carbonyl (C=O) groups is 1. The highest BCUT2D eigenvalue weighted by Crippen LogP contribution is 1.95. The summed E-state index contributed by atoms with van der Waals surface area (Å²) in [6.07, 6.45) is 0.418. The normalized spacial score (nSPS) is 12.2. The molecule has 0 rings (SSSR count). The minimum atomic E-state index is -0.149. The Morgan fingerprint density at radius 1 is 1.62 bits per heavy atom. The van der Waals surface area contributed by atoms with Gasteiger partial charge in [-0.15, -0.1) is 0 Å². The van der Waals surface area contributed by atoms with E-state index in [0.29, 0.717) is 13.0 Å². The summed E-state index contributed by atoms with van der Waals surface area (Å²) in [5, 5.41) is 3.17.